The molecule has 0 saturated carbocycles. The number of rotatable bonds is 5. The Balaban J connectivity index is 1.60. The van der Waals surface area contributed by atoms with Crippen molar-refractivity contribution in [2.45, 2.75) is 32.7 Å². The first-order valence-electron chi connectivity index (χ1n) is 10.2. The van der Waals surface area contributed by atoms with Gasteiger partial charge in [-0.15, -0.1) is 0 Å². The summed E-state index contributed by atoms with van der Waals surface area (Å²) in [7, 11) is 0. The van der Waals surface area contributed by atoms with Gasteiger partial charge in [0.2, 0.25) is 0 Å². The van der Waals surface area contributed by atoms with Crippen LogP contribution in [-0.2, 0) is 0 Å². The zero-order chi connectivity index (χ0) is 21.1. The number of carbonyl (C=O) groups is 1. The smallest absolute Gasteiger partial charge is 0.275 e. The van der Waals surface area contributed by atoms with Crippen molar-refractivity contribution in [3.8, 4) is 5.69 Å². The fraction of sp³-hybridized carbons (Fsp3) is 0.364. The van der Waals surface area contributed by atoms with E-state index in [1.165, 1.54) is 0 Å². The summed E-state index contributed by atoms with van der Waals surface area (Å²) in [6.07, 6.45) is 7.20. The maximum Gasteiger partial charge on any atom is 0.275 e. The van der Waals surface area contributed by atoms with E-state index in [0.29, 0.717) is 35.4 Å². The largest absolute Gasteiger partial charge is 0.368 e. The van der Waals surface area contributed by atoms with E-state index in [1.54, 1.807) is 23.1 Å². The zero-order valence-electron chi connectivity index (χ0n) is 17.1. The van der Waals surface area contributed by atoms with Crippen molar-refractivity contribution in [3.05, 3.63) is 65.3 Å². The molecule has 1 amide bonds. The average molecular weight is 425 g/mol. The first-order valence-corrected chi connectivity index (χ1v) is 10.5. The van der Waals surface area contributed by atoms with E-state index < -0.39 is 0 Å². The standard InChI is InChI=1S/C22H25ClN6O/c1-15-5-3-11-28(19(15)14-25-20-9-7-17(23)13-24-20)22(30)21-18(8-6-16(2)27-21)29-12-4-10-26-29/h4,6-10,12-13,15,19H,3,5,11,14H2,1-2H3,(H,24,25)/t15-,19?/m1/s1. The van der Waals surface area contributed by atoms with Crippen molar-refractivity contribution in [3.63, 3.8) is 0 Å². The third kappa shape index (κ3) is 4.31. The van der Waals surface area contributed by atoms with Crippen LogP contribution in [0, 0.1) is 12.8 Å². The van der Waals surface area contributed by atoms with Crippen LogP contribution >= 0.6 is 11.6 Å². The van der Waals surface area contributed by atoms with E-state index in [-0.39, 0.29) is 11.9 Å². The van der Waals surface area contributed by atoms with Crippen LogP contribution in [0.2, 0.25) is 5.02 Å². The Bertz CT molecular complexity index is 1000. The van der Waals surface area contributed by atoms with Crippen LogP contribution < -0.4 is 5.32 Å². The minimum absolute atomic E-state index is 0.0384. The topological polar surface area (TPSA) is 75.9 Å². The number of nitrogens with zero attached hydrogens (tertiary/aromatic N) is 5. The molecule has 8 heteroatoms. The van der Waals surface area contributed by atoms with Crippen molar-refractivity contribution < 1.29 is 4.79 Å². The number of likely N-dealkylation sites (tertiary alicyclic amines) is 1. The molecule has 4 rings (SSSR count). The maximum absolute atomic E-state index is 13.6. The number of anilines is 1. The summed E-state index contributed by atoms with van der Waals surface area (Å²) in [4.78, 5) is 24.5. The highest BCUT2D eigenvalue weighted by Gasteiger charge is 2.34. The Morgan fingerprint density at radius 2 is 2.17 bits per heavy atom. The summed E-state index contributed by atoms with van der Waals surface area (Å²) >= 11 is 5.93. The third-order valence-electron chi connectivity index (χ3n) is 5.56. The molecule has 0 aliphatic carbocycles. The molecule has 3 aromatic rings. The predicted molar refractivity (Wildman–Crippen MR) is 117 cm³/mol. The van der Waals surface area contributed by atoms with Gasteiger partial charge in [-0.3, -0.25) is 4.79 Å². The Kier molecular flexibility index (Phi) is 5.99. The minimum Gasteiger partial charge on any atom is -0.368 e. The number of carbonyl (C=O) groups excluding carboxylic acids is 1. The lowest BCUT2D eigenvalue weighted by atomic mass is 9.90. The second-order valence-electron chi connectivity index (χ2n) is 7.70. The monoisotopic (exact) mass is 424 g/mol. The van der Waals surface area contributed by atoms with Crippen LogP contribution in [0.5, 0.6) is 0 Å². The normalized spacial score (nSPS) is 19.0. The molecule has 30 heavy (non-hydrogen) atoms. The Morgan fingerprint density at radius 1 is 1.30 bits per heavy atom. The van der Waals surface area contributed by atoms with Crippen LogP contribution in [0.4, 0.5) is 5.82 Å². The molecule has 1 fully saturated rings. The molecule has 2 atom stereocenters. The van der Waals surface area contributed by atoms with Gasteiger partial charge in [0.15, 0.2) is 5.69 Å². The Morgan fingerprint density at radius 3 is 2.90 bits per heavy atom. The van der Waals surface area contributed by atoms with Crippen molar-refractivity contribution >= 4 is 23.3 Å². The first kappa shape index (κ1) is 20.3. The fourth-order valence-electron chi connectivity index (χ4n) is 3.94. The molecular weight excluding hydrogens is 400 g/mol. The van der Waals surface area contributed by atoms with Crippen molar-refractivity contribution in [2.75, 3.05) is 18.4 Å². The van der Waals surface area contributed by atoms with Crippen LogP contribution in [-0.4, -0.2) is 49.7 Å². The lowest BCUT2D eigenvalue weighted by molar-refractivity contribution is 0.0533. The molecule has 3 aromatic heterocycles. The maximum atomic E-state index is 13.6. The summed E-state index contributed by atoms with van der Waals surface area (Å²) in [6.45, 7) is 5.41. The summed E-state index contributed by atoms with van der Waals surface area (Å²) in [5, 5.41) is 8.25. The average Bonchev–Trinajstić information content (AvgIpc) is 3.28. The number of hydrogen-bond donors (Lipinski definition) is 1. The summed E-state index contributed by atoms with van der Waals surface area (Å²) in [6, 6.07) is 9.33. The van der Waals surface area contributed by atoms with Gasteiger partial charge in [-0.2, -0.15) is 5.10 Å². The van der Waals surface area contributed by atoms with E-state index in [4.69, 9.17) is 11.6 Å². The molecule has 4 heterocycles. The van der Waals surface area contributed by atoms with Gasteiger partial charge in [0.05, 0.1) is 16.8 Å². The van der Waals surface area contributed by atoms with E-state index >= 15 is 0 Å². The molecular formula is C22H25ClN6O. The fourth-order valence-corrected chi connectivity index (χ4v) is 4.05. The van der Waals surface area contributed by atoms with E-state index in [1.807, 2.05) is 42.3 Å². The number of pyridine rings is 2. The van der Waals surface area contributed by atoms with Gasteiger partial charge < -0.3 is 10.2 Å². The van der Waals surface area contributed by atoms with Gasteiger partial charge in [-0.05, 0) is 56.0 Å². The van der Waals surface area contributed by atoms with Crippen LogP contribution in [0.25, 0.3) is 5.69 Å². The molecule has 1 N–H and O–H groups in total. The predicted octanol–water partition coefficient (Wildman–Crippen LogP) is 3.98. The zero-order valence-corrected chi connectivity index (χ0v) is 17.9. The quantitative estimate of drug-likeness (QED) is 0.670. The Hall–Kier alpha value is -2.93. The highest BCUT2D eigenvalue weighted by molar-refractivity contribution is 6.30. The highest BCUT2D eigenvalue weighted by Crippen LogP contribution is 2.26. The van der Waals surface area contributed by atoms with E-state index in [9.17, 15) is 4.79 Å². The van der Waals surface area contributed by atoms with Gasteiger partial charge in [0.25, 0.3) is 5.91 Å². The van der Waals surface area contributed by atoms with E-state index in [2.05, 4.69) is 27.3 Å². The second-order valence-corrected chi connectivity index (χ2v) is 8.14. The van der Waals surface area contributed by atoms with Crippen molar-refractivity contribution in [1.82, 2.24) is 24.6 Å². The summed E-state index contributed by atoms with van der Waals surface area (Å²) in [5.41, 5.74) is 1.93. The highest BCUT2D eigenvalue weighted by atomic mass is 35.5. The number of piperidine rings is 1. The van der Waals surface area contributed by atoms with Crippen LogP contribution in [0.3, 0.4) is 0 Å². The van der Waals surface area contributed by atoms with Gasteiger partial charge in [-0.1, -0.05) is 18.5 Å². The molecule has 0 aromatic carbocycles. The molecule has 1 aliphatic heterocycles. The molecule has 1 aliphatic rings. The molecule has 0 radical (unpaired) electrons. The summed E-state index contributed by atoms with van der Waals surface area (Å²) < 4.78 is 1.69. The molecule has 156 valence electrons. The number of aromatic nitrogens is 4. The van der Waals surface area contributed by atoms with Crippen molar-refractivity contribution in [2.24, 2.45) is 5.92 Å². The van der Waals surface area contributed by atoms with Gasteiger partial charge in [0.1, 0.15) is 5.82 Å². The van der Waals surface area contributed by atoms with Gasteiger partial charge in [0, 0.05) is 37.4 Å². The van der Waals surface area contributed by atoms with Gasteiger partial charge in [-0.25, -0.2) is 14.6 Å². The second kappa shape index (κ2) is 8.83. The number of amides is 1. The first-order chi connectivity index (χ1) is 14.5. The van der Waals surface area contributed by atoms with Crippen molar-refractivity contribution in [1.29, 1.82) is 0 Å². The van der Waals surface area contributed by atoms with E-state index in [0.717, 1.165) is 24.4 Å². The number of nitrogens with one attached hydrogen (secondary N) is 1. The number of hydrogen-bond acceptors (Lipinski definition) is 5. The Labute approximate surface area is 181 Å². The minimum atomic E-state index is -0.0633. The lowest BCUT2D eigenvalue weighted by Crippen LogP contribution is -2.51. The number of halogens is 1. The van der Waals surface area contributed by atoms with Crippen LogP contribution in [0.15, 0.2) is 48.9 Å². The summed E-state index contributed by atoms with van der Waals surface area (Å²) in [5.74, 6) is 1.04. The molecule has 1 unspecified atom stereocenters. The number of aryl methyl sites for hydroxylation is 1. The van der Waals surface area contributed by atoms with Crippen LogP contribution in [0.1, 0.15) is 35.9 Å². The van der Waals surface area contributed by atoms with Gasteiger partial charge >= 0.3 is 0 Å². The molecule has 0 spiro atoms. The SMILES string of the molecule is Cc1ccc(-n2cccn2)c(C(=O)N2CCC[C@@H](C)C2CNc2ccc(Cl)cn2)n1. The molecule has 1 saturated heterocycles. The molecule has 0 bridgehead atoms. The third-order valence-corrected chi connectivity index (χ3v) is 5.79. The lowest BCUT2D eigenvalue weighted by Gasteiger charge is -2.40. The molecule has 7 nitrogen and oxygen atoms in total.